The van der Waals surface area contributed by atoms with Gasteiger partial charge in [-0.15, -0.1) is 0 Å². The van der Waals surface area contributed by atoms with E-state index in [1.807, 2.05) is 0 Å². The molecule has 0 aromatic heterocycles. The fourth-order valence-electron chi connectivity index (χ4n) is 2.07. The molecular formula is C12H17NO3. The van der Waals surface area contributed by atoms with E-state index in [-0.39, 0.29) is 17.4 Å². The summed E-state index contributed by atoms with van der Waals surface area (Å²) in [6, 6.07) is 3.54. The van der Waals surface area contributed by atoms with Crippen LogP contribution in [0.25, 0.3) is 0 Å². The Balaban J connectivity index is 2.18. The van der Waals surface area contributed by atoms with Crippen molar-refractivity contribution in [3.05, 3.63) is 23.8 Å². The van der Waals surface area contributed by atoms with Crippen LogP contribution >= 0.6 is 0 Å². The monoisotopic (exact) mass is 223 g/mol. The lowest BCUT2D eigenvalue weighted by Gasteiger charge is -2.34. The molecule has 88 valence electrons. The summed E-state index contributed by atoms with van der Waals surface area (Å²) in [5, 5.41) is 28.9. The first-order chi connectivity index (χ1) is 7.59. The molecule has 0 heterocycles. The van der Waals surface area contributed by atoms with E-state index in [1.54, 1.807) is 0 Å². The quantitative estimate of drug-likeness (QED) is 0.581. The van der Waals surface area contributed by atoms with E-state index in [1.165, 1.54) is 18.2 Å². The van der Waals surface area contributed by atoms with E-state index < -0.39 is 12.1 Å². The molecule has 0 bridgehead atoms. The molecule has 4 heteroatoms. The molecule has 5 N–H and O–H groups in total. The maximum absolute atomic E-state index is 9.99. The second kappa shape index (κ2) is 4.31. The van der Waals surface area contributed by atoms with Crippen LogP contribution in [0.5, 0.6) is 11.5 Å². The normalized spacial score (nSPS) is 20.1. The van der Waals surface area contributed by atoms with E-state index >= 15 is 0 Å². The maximum atomic E-state index is 9.99. The van der Waals surface area contributed by atoms with E-state index in [2.05, 4.69) is 0 Å². The topological polar surface area (TPSA) is 86.7 Å². The number of rotatable bonds is 3. The Labute approximate surface area is 94.3 Å². The summed E-state index contributed by atoms with van der Waals surface area (Å²) in [7, 11) is 0. The highest BCUT2D eigenvalue weighted by molar-refractivity contribution is 5.41. The predicted molar refractivity (Wildman–Crippen MR) is 60.0 cm³/mol. The van der Waals surface area contributed by atoms with Gasteiger partial charge in [0.15, 0.2) is 0 Å². The zero-order valence-corrected chi connectivity index (χ0v) is 9.00. The van der Waals surface area contributed by atoms with Gasteiger partial charge in [0.2, 0.25) is 0 Å². The first kappa shape index (κ1) is 11.2. The first-order valence-electron chi connectivity index (χ1n) is 5.55. The zero-order valence-electron chi connectivity index (χ0n) is 9.00. The van der Waals surface area contributed by atoms with Gasteiger partial charge in [-0.05, 0) is 37.0 Å². The Hall–Kier alpha value is -1.26. The number of aliphatic hydroxyl groups is 1. The fourth-order valence-corrected chi connectivity index (χ4v) is 2.07. The van der Waals surface area contributed by atoms with Gasteiger partial charge in [-0.3, -0.25) is 0 Å². The van der Waals surface area contributed by atoms with Crippen LogP contribution < -0.4 is 5.73 Å². The Morgan fingerprint density at radius 2 is 1.94 bits per heavy atom. The molecule has 0 amide bonds. The number of phenols is 2. The van der Waals surface area contributed by atoms with Gasteiger partial charge in [-0.1, -0.05) is 6.42 Å². The molecule has 1 saturated carbocycles. The Morgan fingerprint density at radius 1 is 1.25 bits per heavy atom. The molecule has 1 fully saturated rings. The number of hydrogen-bond donors (Lipinski definition) is 4. The second-order valence-electron chi connectivity index (χ2n) is 4.45. The van der Waals surface area contributed by atoms with Gasteiger partial charge in [0.05, 0.1) is 12.1 Å². The standard InChI is InChI=1S/C12H17NO3/c13-11(12(16)7-2-1-3-7)9-6-8(14)4-5-10(9)15/h4-7,11-12,14-16H,1-3,13H2/t11-,12+/m0/s1. The Kier molecular flexibility index (Phi) is 3.03. The van der Waals surface area contributed by atoms with Gasteiger partial charge >= 0.3 is 0 Å². The van der Waals surface area contributed by atoms with Crippen molar-refractivity contribution in [3.8, 4) is 11.5 Å². The highest BCUT2D eigenvalue weighted by Crippen LogP contribution is 2.37. The van der Waals surface area contributed by atoms with Crippen molar-refractivity contribution in [2.24, 2.45) is 11.7 Å². The SMILES string of the molecule is N[C@@H](c1cc(O)ccc1O)[C@H](O)C1CCC1. The predicted octanol–water partition coefficient (Wildman–Crippen LogP) is 1.26. The lowest BCUT2D eigenvalue weighted by molar-refractivity contribution is 0.0407. The average molecular weight is 223 g/mol. The maximum Gasteiger partial charge on any atom is 0.120 e. The van der Waals surface area contributed by atoms with E-state index in [0.29, 0.717) is 5.56 Å². The molecule has 2 rings (SSSR count). The summed E-state index contributed by atoms with van der Waals surface area (Å²) >= 11 is 0. The summed E-state index contributed by atoms with van der Waals surface area (Å²) in [6.07, 6.45) is 2.44. The number of aliphatic hydroxyl groups excluding tert-OH is 1. The van der Waals surface area contributed by atoms with Crippen LogP contribution in [0.4, 0.5) is 0 Å². The summed E-state index contributed by atoms with van der Waals surface area (Å²) in [6.45, 7) is 0. The van der Waals surface area contributed by atoms with Gasteiger partial charge in [-0.2, -0.15) is 0 Å². The van der Waals surface area contributed by atoms with E-state index in [9.17, 15) is 15.3 Å². The second-order valence-corrected chi connectivity index (χ2v) is 4.45. The summed E-state index contributed by atoms with van der Waals surface area (Å²) in [4.78, 5) is 0. The molecule has 1 aromatic carbocycles. The summed E-state index contributed by atoms with van der Waals surface area (Å²) < 4.78 is 0. The number of hydrogen-bond acceptors (Lipinski definition) is 4. The minimum absolute atomic E-state index is 0.0173. The van der Waals surface area contributed by atoms with E-state index in [4.69, 9.17) is 5.73 Å². The molecular weight excluding hydrogens is 206 g/mol. The van der Waals surface area contributed by atoms with Crippen LogP contribution in [-0.4, -0.2) is 21.4 Å². The minimum atomic E-state index is -0.651. The van der Waals surface area contributed by atoms with Crippen molar-refractivity contribution in [2.75, 3.05) is 0 Å². The largest absolute Gasteiger partial charge is 0.508 e. The molecule has 0 spiro atoms. The highest BCUT2D eigenvalue weighted by atomic mass is 16.3. The Bertz CT molecular complexity index is 377. The average Bonchev–Trinajstić information content (AvgIpc) is 2.18. The van der Waals surface area contributed by atoms with Crippen LogP contribution in [0.2, 0.25) is 0 Å². The molecule has 1 aliphatic carbocycles. The summed E-state index contributed by atoms with van der Waals surface area (Å²) in [5.74, 6) is 0.282. The third-order valence-corrected chi connectivity index (χ3v) is 3.37. The number of aromatic hydroxyl groups is 2. The number of phenolic OH excluding ortho intramolecular Hbond substituents is 2. The molecule has 2 atom stereocenters. The molecule has 0 saturated heterocycles. The van der Waals surface area contributed by atoms with Crippen molar-refractivity contribution in [3.63, 3.8) is 0 Å². The van der Waals surface area contributed by atoms with Gasteiger partial charge in [0.25, 0.3) is 0 Å². The first-order valence-corrected chi connectivity index (χ1v) is 5.55. The third-order valence-electron chi connectivity index (χ3n) is 3.37. The molecule has 0 aliphatic heterocycles. The number of benzene rings is 1. The summed E-state index contributed by atoms with van der Waals surface area (Å²) in [5.41, 5.74) is 6.30. The van der Waals surface area contributed by atoms with Crippen LogP contribution in [0.1, 0.15) is 30.9 Å². The zero-order chi connectivity index (χ0) is 11.7. The fraction of sp³-hybridized carbons (Fsp3) is 0.500. The molecule has 0 unspecified atom stereocenters. The number of nitrogens with two attached hydrogens (primary N) is 1. The van der Waals surface area contributed by atoms with Gasteiger partial charge in [0, 0.05) is 5.56 Å². The van der Waals surface area contributed by atoms with Crippen LogP contribution in [-0.2, 0) is 0 Å². The van der Waals surface area contributed by atoms with Crippen LogP contribution in [0, 0.1) is 5.92 Å². The van der Waals surface area contributed by atoms with Gasteiger partial charge in [0.1, 0.15) is 11.5 Å². The third kappa shape index (κ3) is 1.99. The minimum Gasteiger partial charge on any atom is -0.508 e. The van der Waals surface area contributed by atoms with Crippen LogP contribution in [0.15, 0.2) is 18.2 Å². The smallest absolute Gasteiger partial charge is 0.120 e. The highest BCUT2D eigenvalue weighted by Gasteiger charge is 2.31. The lowest BCUT2D eigenvalue weighted by atomic mass is 9.77. The molecule has 0 radical (unpaired) electrons. The van der Waals surface area contributed by atoms with E-state index in [0.717, 1.165) is 19.3 Å². The lowest BCUT2D eigenvalue weighted by Crippen LogP contribution is -2.36. The van der Waals surface area contributed by atoms with Crippen molar-refractivity contribution < 1.29 is 15.3 Å². The van der Waals surface area contributed by atoms with Crippen molar-refractivity contribution in [2.45, 2.75) is 31.4 Å². The van der Waals surface area contributed by atoms with Crippen LogP contribution in [0.3, 0.4) is 0 Å². The molecule has 16 heavy (non-hydrogen) atoms. The van der Waals surface area contributed by atoms with Crippen molar-refractivity contribution in [1.82, 2.24) is 0 Å². The van der Waals surface area contributed by atoms with Gasteiger partial charge < -0.3 is 21.1 Å². The molecule has 1 aromatic rings. The molecule has 4 nitrogen and oxygen atoms in total. The van der Waals surface area contributed by atoms with Gasteiger partial charge in [-0.25, -0.2) is 0 Å². The van der Waals surface area contributed by atoms with Crippen molar-refractivity contribution >= 4 is 0 Å². The van der Waals surface area contributed by atoms with Crippen molar-refractivity contribution in [1.29, 1.82) is 0 Å². The molecule has 1 aliphatic rings. The Morgan fingerprint density at radius 3 is 2.50 bits per heavy atom.